The van der Waals surface area contributed by atoms with Crippen LogP contribution in [0.25, 0.3) is 0 Å². The quantitative estimate of drug-likeness (QED) is 0.777. The maximum absolute atomic E-state index is 11.2. The summed E-state index contributed by atoms with van der Waals surface area (Å²) in [6.45, 7) is 2.27. The molecule has 14 heavy (non-hydrogen) atoms. The van der Waals surface area contributed by atoms with Crippen molar-refractivity contribution in [2.75, 3.05) is 12.3 Å². The largest absolute Gasteiger partial charge is 0.472 e. The van der Waals surface area contributed by atoms with Crippen LogP contribution in [0.1, 0.15) is 18.9 Å². The van der Waals surface area contributed by atoms with Crippen LogP contribution in [-0.2, 0) is 16.4 Å². The number of hydrogen-bond donors (Lipinski definition) is 1. The van der Waals surface area contributed by atoms with Crippen molar-refractivity contribution in [1.29, 1.82) is 0 Å². The van der Waals surface area contributed by atoms with Gasteiger partial charge in [0.2, 0.25) is 10.0 Å². The van der Waals surface area contributed by atoms with E-state index in [1.165, 1.54) is 0 Å². The van der Waals surface area contributed by atoms with Gasteiger partial charge in [0.1, 0.15) is 0 Å². The Labute approximate surface area is 84.4 Å². The number of sulfonamides is 1. The Hall–Kier alpha value is -0.810. The van der Waals surface area contributed by atoms with Gasteiger partial charge < -0.3 is 4.42 Å². The van der Waals surface area contributed by atoms with Crippen LogP contribution in [0.2, 0.25) is 0 Å². The van der Waals surface area contributed by atoms with Crippen LogP contribution in [0, 0.1) is 0 Å². The smallest absolute Gasteiger partial charge is 0.211 e. The van der Waals surface area contributed by atoms with E-state index in [0.29, 0.717) is 19.4 Å². The lowest BCUT2D eigenvalue weighted by atomic mass is 10.2. The summed E-state index contributed by atoms with van der Waals surface area (Å²) in [5, 5.41) is 0. The Bertz CT molecular complexity index is 342. The molecule has 0 spiro atoms. The molecule has 1 heterocycles. The van der Waals surface area contributed by atoms with Gasteiger partial charge in [-0.15, -0.1) is 0 Å². The average Bonchev–Trinajstić information content (AvgIpc) is 2.56. The Balaban J connectivity index is 2.28. The van der Waals surface area contributed by atoms with Gasteiger partial charge in [-0.25, -0.2) is 13.1 Å². The molecule has 0 aromatic carbocycles. The Morgan fingerprint density at radius 2 is 2.29 bits per heavy atom. The number of rotatable bonds is 6. The summed E-state index contributed by atoms with van der Waals surface area (Å²) in [6.07, 6.45) is 4.50. The molecule has 0 saturated carbocycles. The Kier molecular flexibility index (Phi) is 4.16. The van der Waals surface area contributed by atoms with Gasteiger partial charge in [-0.3, -0.25) is 0 Å². The summed E-state index contributed by atoms with van der Waals surface area (Å²) in [4.78, 5) is 0. The number of nitrogens with one attached hydrogen (secondary N) is 1. The highest BCUT2D eigenvalue weighted by Gasteiger charge is 2.07. The monoisotopic (exact) mass is 217 g/mol. The number of hydrogen-bond acceptors (Lipinski definition) is 3. The molecular formula is C9H15NO3S. The Morgan fingerprint density at radius 3 is 2.86 bits per heavy atom. The molecule has 1 aromatic heterocycles. The van der Waals surface area contributed by atoms with Crippen LogP contribution >= 0.6 is 0 Å². The average molecular weight is 217 g/mol. The zero-order valence-corrected chi connectivity index (χ0v) is 9.01. The van der Waals surface area contributed by atoms with Gasteiger partial charge in [0.05, 0.1) is 18.3 Å². The van der Waals surface area contributed by atoms with Crippen molar-refractivity contribution in [2.24, 2.45) is 0 Å². The van der Waals surface area contributed by atoms with Crippen LogP contribution < -0.4 is 4.72 Å². The maximum Gasteiger partial charge on any atom is 0.211 e. The molecule has 80 valence electrons. The molecule has 0 aliphatic rings. The second kappa shape index (κ2) is 5.17. The molecule has 1 N–H and O–H groups in total. The minimum absolute atomic E-state index is 0.193. The minimum Gasteiger partial charge on any atom is -0.472 e. The highest BCUT2D eigenvalue weighted by molar-refractivity contribution is 7.89. The van der Waals surface area contributed by atoms with E-state index in [1.54, 1.807) is 12.5 Å². The van der Waals surface area contributed by atoms with E-state index >= 15 is 0 Å². The van der Waals surface area contributed by atoms with E-state index in [4.69, 9.17) is 4.42 Å². The lowest BCUT2D eigenvalue weighted by Crippen LogP contribution is -2.28. The van der Waals surface area contributed by atoms with Gasteiger partial charge in [-0.2, -0.15) is 0 Å². The molecule has 0 amide bonds. The van der Waals surface area contributed by atoms with Crippen molar-refractivity contribution in [3.63, 3.8) is 0 Å². The predicted octanol–water partition coefficient (Wildman–Crippen LogP) is 1.15. The molecule has 1 rings (SSSR count). The second-order valence-electron chi connectivity index (χ2n) is 3.09. The fraction of sp³-hybridized carbons (Fsp3) is 0.556. The standard InChI is InChI=1S/C9H15NO3S/c1-2-7-14(11,12)10-5-3-9-4-6-13-8-9/h4,6,8,10H,2-3,5,7H2,1H3. The molecule has 5 heteroatoms. The highest BCUT2D eigenvalue weighted by atomic mass is 32.2. The molecule has 0 fully saturated rings. The summed E-state index contributed by atoms with van der Waals surface area (Å²) in [7, 11) is -3.07. The van der Waals surface area contributed by atoms with Crippen molar-refractivity contribution in [1.82, 2.24) is 4.72 Å². The SMILES string of the molecule is CCCS(=O)(=O)NCCc1ccoc1. The van der Waals surface area contributed by atoms with Gasteiger partial charge in [-0.05, 0) is 24.5 Å². The van der Waals surface area contributed by atoms with E-state index in [2.05, 4.69) is 4.72 Å². The molecule has 0 unspecified atom stereocenters. The van der Waals surface area contributed by atoms with Crippen LogP contribution in [0.3, 0.4) is 0 Å². The molecule has 0 aliphatic carbocycles. The highest BCUT2D eigenvalue weighted by Crippen LogP contribution is 2.00. The molecule has 0 bridgehead atoms. The van der Waals surface area contributed by atoms with Crippen molar-refractivity contribution < 1.29 is 12.8 Å². The maximum atomic E-state index is 11.2. The molecular weight excluding hydrogens is 202 g/mol. The predicted molar refractivity (Wildman–Crippen MR) is 54.5 cm³/mol. The summed E-state index contributed by atoms with van der Waals surface area (Å²) in [5.41, 5.74) is 1.00. The van der Waals surface area contributed by atoms with Crippen LogP contribution in [-0.4, -0.2) is 20.7 Å². The van der Waals surface area contributed by atoms with Gasteiger partial charge in [0.15, 0.2) is 0 Å². The van der Waals surface area contributed by atoms with Gasteiger partial charge >= 0.3 is 0 Å². The van der Waals surface area contributed by atoms with E-state index in [9.17, 15) is 8.42 Å². The zero-order chi connectivity index (χ0) is 10.4. The zero-order valence-electron chi connectivity index (χ0n) is 8.19. The first-order valence-corrected chi connectivity index (χ1v) is 6.27. The molecule has 0 atom stereocenters. The fourth-order valence-corrected chi connectivity index (χ4v) is 2.22. The number of furan rings is 1. The van der Waals surface area contributed by atoms with Gasteiger partial charge in [0.25, 0.3) is 0 Å². The molecule has 4 nitrogen and oxygen atoms in total. The van der Waals surface area contributed by atoms with E-state index in [-0.39, 0.29) is 5.75 Å². The second-order valence-corrected chi connectivity index (χ2v) is 5.02. The summed E-state index contributed by atoms with van der Waals surface area (Å²) >= 11 is 0. The normalized spacial score (nSPS) is 11.8. The van der Waals surface area contributed by atoms with Crippen molar-refractivity contribution >= 4 is 10.0 Å². The lowest BCUT2D eigenvalue weighted by molar-refractivity contribution is 0.562. The first-order chi connectivity index (χ1) is 6.64. The van der Waals surface area contributed by atoms with Crippen molar-refractivity contribution in [2.45, 2.75) is 19.8 Å². The first-order valence-electron chi connectivity index (χ1n) is 4.62. The third kappa shape index (κ3) is 3.93. The third-order valence-electron chi connectivity index (χ3n) is 1.79. The first kappa shape index (κ1) is 11.3. The molecule has 0 aliphatic heterocycles. The topological polar surface area (TPSA) is 59.3 Å². The Morgan fingerprint density at radius 1 is 1.50 bits per heavy atom. The lowest BCUT2D eigenvalue weighted by Gasteiger charge is -2.03. The van der Waals surface area contributed by atoms with E-state index in [1.807, 2.05) is 13.0 Å². The molecule has 0 saturated heterocycles. The van der Waals surface area contributed by atoms with Crippen molar-refractivity contribution in [3.8, 4) is 0 Å². The molecule has 1 aromatic rings. The fourth-order valence-electron chi connectivity index (χ4n) is 1.13. The summed E-state index contributed by atoms with van der Waals surface area (Å²) < 4.78 is 29.8. The van der Waals surface area contributed by atoms with Crippen LogP contribution in [0.15, 0.2) is 23.0 Å². The van der Waals surface area contributed by atoms with Gasteiger partial charge in [-0.1, -0.05) is 6.92 Å². The minimum atomic E-state index is -3.07. The van der Waals surface area contributed by atoms with E-state index < -0.39 is 10.0 Å². The van der Waals surface area contributed by atoms with Crippen LogP contribution in [0.4, 0.5) is 0 Å². The summed E-state index contributed by atoms with van der Waals surface area (Å²) in [5.74, 6) is 0.193. The third-order valence-corrected chi connectivity index (χ3v) is 3.38. The summed E-state index contributed by atoms with van der Waals surface area (Å²) in [6, 6.07) is 1.83. The van der Waals surface area contributed by atoms with E-state index in [0.717, 1.165) is 5.56 Å². The van der Waals surface area contributed by atoms with Crippen molar-refractivity contribution in [3.05, 3.63) is 24.2 Å². The molecule has 0 radical (unpaired) electrons. The van der Waals surface area contributed by atoms with Gasteiger partial charge in [0, 0.05) is 6.54 Å². The van der Waals surface area contributed by atoms with Crippen LogP contribution in [0.5, 0.6) is 0 Å².